The first-order valence-corrected chi connectivity index (χ1v) is 8.31. The molecule has 134 valence electrons. The number of benzene rings is 1. The van der Waals surface area contributed by atoms with Crippen molar-refractivity contribution in [3.63, 3.8) is 0 Å². The van der Waals surface area contributed by atoms with Gasteiger partial charge in [0.2, 0.25) is 0 Å². The van der Waals surface area contributed by atoms with Crippen molar-refractivity contribution in [1.29, 1.82) is 0 Å². The van der Waals surface area contributed by atoms with Crippen molar-refractivity contribution in [1.82, 2.24) is 15.6 Å². The monoisotopic (exact) mass is 345 g/mol. The molecule has 0 fully saturated rings. The number of phenols is 1. The van der Waals surface area contributed by atoms with Crippen molar-refractivity contribution in [2.45, 2.75) is 59.6 Å². The SMILES string of the molecule is Cc1nonc1CNC(=O)[C@@]1(C)CCc2c(C)c(O)c(C)c(C)c2O1. The number of phenolic OH excluding ortho intramolecular Hbond substituents is 1. The number of rotatable bonds is 3. The minimum atomic E-state index is -0.974. The lowest BCUT2D eigenvalue weighted by atomic mass is 9.86. The largest absolute Gasteiger partial charge is 0.507 e. The standard InChI is InChI=1S/C18H23N3O4/c1-9-10(2)16-13(11(3)15(9)22)6-7-18(5,24-16)17(23)19-8-14-12(4)20-25-21-14/h22H,6-8H2,1-5H3,(H,19,23)/t18-/m1/s1. The van der Waals surface area contributed by atoms with Gasteiger partial charge in [-0.1, -0.05) is 10.3 Å². The van der Waals surface area contributed by atoms with Crippen LogP contribution in [-0.4, -0.2) is 26.9 Å². The van der Waals surface area contributed by atoms with Gasteiger partial charge in [0.1, 0.15) is 22.9 Å². The molecule has 3 rings (SSSR count). The lowest BCUT2D eigenvalue weighted by molar-refractivity contribution is -0.137. The number of hydrogen-bond donors (Lipinski definition) is 2. The third kappa shape index (κ3) is 2.83. The first-order chi connectivity index (χ1) is 11.7. The van der Waals surface area contributed by atoms with Gasteiger partial charge in [-0.25, -0.2) is 4.63 Å². The van der Waals surface area contributed by atoms with Crippen LogP contribution in [0.25, 0.3) is 0 Å². The number of nitrogens with zero attached hydrogens (tertiary/aromatic N) is 2. The zero-order valence-corrected chi connectivity index (χ0v) is 15.2. The van der Waals surface area contributed by atoms with E-state index in [0.29, 0.717) is 35.7 Å². The maximum atomic E-state index is 12.7. The molecule has 7 heteroatoms. The number of fused-ring (bicyclic) bond motifs is 1. The molecule has 25 heavy (non-hydrogen) atoms. The summed E-state index contributed by atoms with van der Waals surface area (Å²) in [5.41, 5.74) is 3.73. The number of amides is 1. The maximum absolute atomic E-state index is 12.7. The fourth-order valence-electron chi connectivity index (χ4n) is 3.17. The highest BCUT2D eigenvalue weighted by atomic mass is 16.6. The molecule has 1 amide bonds. The number of carbonyl (C=O) groups is 1. The van der Waals surface area contributed by atoms with E-state index in [2.05, 4.69) is 20.3 Å². The van der Waals surface area contributed by atoms with Crippen molar-refractivity contribution in [2.75, 3.05) is 0 Å². The topological polar surface area (TPSA) is 97.5 Å². The molecule has 7 nitrogen and oxygen atoms in total. The van der Waals surface area contributed by atoms with Crippen LogP contribution in [-0.2, 0) is 17.8 Å². The molecule has 0 unspecified atom stereocenters. The molecule has 0 spiro atoms. The first kappa shape index (κ1) is 17.3. The van der Waals surface area contributed by atoms with E-state index >= 15 is 0 Å². The van der Waals surface area contributed by atoms with Crippen LogP contribution >= 0.6 is 0 Å². The van der Waals surface area contributed by atoms with Crippen LogP contribution in [0, 0.1) is 27.7 Å². The van der Waals surface area contributed by atoms with Crippen LogP contribution in [0.5, 0.6) is 11.5 Å². The van der Waals surface area contributed by atoms with E-state index in [9.17, 15) is 9.90 Å². The number of ether oxygens (including phenoxy) is 1. The van der Waals surface area contributed by atoms with Crippen LogP contribution in [0.2, 0.25) is 0 Å². The Morgan fingerprint density at radius 2 is 1.92 bits per heavy atom. The third-order valence-corrected chi connectivity index (χ3v) is 5.16. The summed E-state index contributed by atoms with van der Waals surface area (Å²) in [5.74, 6) is 0.807. The van der Waals surface area contributed by atoms with E-state index in [0.717, 1.165) is 22.3 Å². The van der Waals surface area contributed by atoms with E-state index in [1.807, 2.05) is 20.8 Å². The number of aromatic hydroxyl groups is 1. The number of aromatic nitrogens is 2. The van der Waals surface area contributed by atoms with E-state index in [1.54, 1.807) is 13.8 Å². The third-order valence-electron chi connectivity index (χ3n) is 5.16. The summed E-state index contributed by atoms with van der Waals surface area (Å²) in [5, 5.41) is 20.6. The number of hydrogen-bond acceptors (Lipinski definition) is 6. The fourth-order valence-corrected chi connectivity index (χ4v) is 3.17. The minimum absolute atomic E-state index is 0.205. The van der Waals surface area contributed by atoms with Gasteiger partial charge in [-0.15, -0.1) is 0 Å². The Hall–Kier alpha value is -2.57. The van der Waals surface area contributed by atoms with Crippen LogP contribution in [0.15, 0.2) is 4.63 Å². The maximum Gasteiger partial charge on any atom is 0.264 e. The first-order valence-electron chi connectivity index (χ1n) is 8.31. The lowest BCUT2D eigenvalue weighted by Crippen LogP contribution is -2.50. The summed E-state index contributed by atoms with van der Waals surface area (Å²) in [7, 11) is 0. The lowest BCUT2D eigenvalue weighted by Gasteiger charge is -2.36. The average molecular weight is 345 g/mol. The number of carbonyl (C=O) groups excluding carboxylic acids is 1. The van der Waals surface area contributed by atoms with Crippen LogP contribution in [0.4, 0.5) is 0 Å². The molecular weight excluding hydrogens is 322 g/mol. The van der Waals surface area contributed by atoms with Crippen molar-refractivity contribution in [3.8, 4) is 11.5 Å². The van der Waals surface area contributed by atoms with Crippen molar-refractivity contribution in [3.05, 3.63) is 33.6 Å². The highest BCUT2D eigenvalue weighted by Crippen LogP contribution is 2.43. The molecule has 2 aromatic rings. The summed E-state index contributed by atoms with van der Waals surface area (Å²) in [6.07, 6.45) is 1.20. The van der Waals surface area contributed by atoms with E-state index < -0.39 is 5.60 Å². The van der Waals surface area contributed by atoms with Crippen LogP contribution in [0.1, 0.15) is 47.0 Å². The average Bonchev–Trinajstić information content (AvgIpc) is 3.00. The predicted octanol–water partition coefficient (Wildman–Crippen LogP) is 2.41. The molecule has 1 atom stereocenters. The molecule has 2 heterocycles. The van der Waals surface area contributed by atoms with E-state index in [1.165, 1.54) is 0 Å². The number of nitrogens with one attached hydrogen (secondary N) is 1. The Balaban J connectivity index is 1.83. The van der Waals surface area contributed by atoms with Gasteiger partial charge in [0.25, 0.3) is 5.91 Å². The predicted molar refractivity (Wildman–Crippen MR) is 90.6 cm³/mol. The molecule has 0 bridgehead atoms. The van der Waals surface area contributed by atoms with Crippen LogP contribution < -0.4 is 10.1 Å². The summed E-state index contributed by atoms with van der Waals surface area (Å²) >= 11 is 0. The minimum Gasteiger partial charge on any atom is -0.507 e. The Kier molecular flexibility index (Phi) is 4.18. The van der Waals surface area contributed by atoms with Gasteiger partial charge >= 0.3 is 0 Å². The molecule has 1 aromatic heterocycles. The van der Waals surface area contributed by atoms with Gasteiger partial charge in [-0.3, -0.25) is 4.79 Å². The van der Waals surface area contributed by atoms with Gasteiger partial charge in [-0.05, 0) is 57.7 Å². The molecule has 0 radical (unpaired) electrons. The molecule has 1 aromatic carbocycles. The molecular formula is C18H23N3O4. The molecule has 0 saturated heterocycles. The second-order valence-electron chi connectivity index (χ2n) is 6.84. The quantitative estimate of drug-likeness (QED) is 0.886. The zero-order chi connectivity index (χ0) is 18.4. The van der Waals surface area contributed by atoms with Gasteiger partial charge in [0, 0.05) is 12.0 Å². The Labute approximate surface area is 146 Å². The van der Waals surface area contributed by atoms with E-state index in [-0.39, 0.29) is 12.5 Å². The van der Waals surface area contributed by atoms with Gasteiger partial charge in [-0.2, -0.15) is 0 Å². The van der Waals surface area contributed by atoms with Crippen LogP contribution in [0.3, 0.4) is 0 Å². The highest BCUT2D eigenvalue weighted by molar-refractivity contribution is 5.85. The van der Waals surface area contributed by atoms with Gasteiger partial charge in [0.05, 0.1) is 6.54 Å². The summed E-state index contributed by atoms with van der Waals surface area (Å²) in [4.78, 5) is 12.7. The van der Waals surface area contributed by atoms with E-state index in [4.69, 9.17) is 4.74 Å². The molecule has 2 N–H and O–H groups in total. The fraction of sp³-hybridized carbons (Fsp3) is 0.500. The summed E-state index contributed by atoms with van der Waals surface area (Å²) in [6.45, 7) is 9.44. The van der Waals surface area contributed by atoms with Crippen molar-refractivity contribution >= 4 is 5.91 Å². The second-order valence-corrected chi connectivity index (χ2v) is 6.84. The Bertz CT molecular complexity index is 843. The molecule has 0 saturated carbocycles. The number of aryl methyl sites for hydroxylation is 1. The molecule has 1 aliphatic rings. The zero-order valence-electron chi connectivity index (χ0n) is 15.2. The highest BCUT2D eigenvalue weighted by Gasteiger charge is 2.40. The summed E-state index contributed by atoms with van der Waals surface area (Å²) in [6, 6.07) is 0. The van der Waals surface area contributed by atoms with Crippen molar-refractivity contribution < 1.29 is 19.3 Å². The van der Waals surface area contributed by atoms with Gasteiger partial charge < -0.3 is 15.2 Å². The summed E-state index contributed by atoms with van der Waals surface area (Å²) < 4.78 is 10.8. The van der Waals surface area contributed by atoms with Gasteiger partial charge in [0.15, 0.2) is 5.60 Å². The second kappa shape index (κ2) is 6.06. The normalized spacial score (nSPS) is 19.2. The smallest absolute Gasteiger partial charge is 0.264 e. The van der Waals surface area contributed by atoms with Crippen molar-refractivity contribution in [2.24, 2.45) is 0 Å². The Morgan fingerprint density at radius 1 is 1.20 bits per heavy atom. The molecule has 1 aliphatic heterocycles. The molecule has 0 aliphatic carbocycles. The Morgan fingerprint density at radius 3 is 2.56 bits per heavy atom.